The van der Waals surface area contributed by atoms with Crippen molar-refractivity contribution in [1.29, 1.82) is 0 Å². The van der Waals surface area contributed by atoms with E-state index < -0.39 is 0 Å². The Morgan fingerprint density at radius 1 is 1.50 bits per heavy atom. The molecule has 1 heterocycles. The Hall–Kier alpha value is -2.28. The van der Waals surface area contributed by atoms with Crippen LogP contribution in [0.3, 0.4) is 0 Å². The first-order valence-corrected chi connectivity index (χ1v) is 8.33. The van der Waals surface area contributed by atoms with Crippen molar-refractivity contribution in [3.63, 3.8) is 0 Å². The smallest absolute Gasteiger partial charge is 0.244 e. The highest BCUT2D eigenvalue weighted by molar-refractivity contribution is 7.71. The fourth-order valence-corrected chi connectivity index (χ4v) is 2.83. The molecular formula is C17H19FN4OS. The van der Waals surface area contributed by atoms with Crippen LogP contribution < -0.4 is 5.32 Å². The summed E-state index contributed by atoms with van der Waals surface area (Å²) in [5, 5.41) is 9.87. The molecule has 0 bridgehead atoms. The Balaban J connectivity index is 1.58. The Labute approximate surface area is 144 Å². The molecule has 1 aromatic carbocycles. The normalized spacial score (nSPS) is 14.7. The van der Waals surface area contributed by atoms with E-state index in [0.29, 0.717) is 34.9 Å². The molecule has 3 rings (SSSR count). The maximum Gasteiger partial charge on any atom is 0.244 e. The van der Waals surface area contributed by atoms with E-state index in [-0.39, 0.29) is 11.7 Å². The lowest BCUT2D eigenvalue weighted by Gasteiger charge is -2.07. The van der Waals surface area contributed by atoms with Crippen LogP contribution in [-0.2, 0) is 11.3 Å². The number of hydrogen-bond donors (Lipinski definition) is 2. The van der Waals surface area contributed by atoms with Crippen molar-refractivity contribution in [2.75, 3.05) is 6.54 Å². The zero-order valence-electron chi connectivity index (χ0n) is 13.4. The molecule has 1 fully saturated rings. The van der Waals surface area contributed by atoms with Gasteiger partial charge in [-0.05, 0) is 43.6 Å². The SMILES string of the molecule is C/C(=C\C(=O)NCCn1c(C2CC2)n[nH]c1=S)c1ccccc1F. The van der Waals surface area contributed by atoms with Gasteiger partial charge in [0, 0.05) is 30.6 Å². The molecule has 1 aromatic heterocycles. The third kappa shape index (κ3) is 3.79. The van der Waals surface area contributed by atoms with Gasteiger partial charge >= 0.3 is 0 Å². The molecule has 1 aliphatic rings. The zero-order chi connectivity index (χ0) is 17.1. The predicted molar refractivity (Wildman–Crippen MR) is 92.4 cm³/mol. The highest BCUT2D eigenvalue weighted by Crippen LogP contribution is 2.38. The number of nitrogens with one attached hydrogen (secondary N) is 2. The van der Waals surface area contributed by atoms with Crippen molar-refractivity contribution in [3.05, 3.63) is 52.3 Å². The summed E-state index contributed by atoms with van der Waals surface area (Å²) in [4.78, 5) is 12.0. The second kappa shape index (κ2) is 7.09. The monoisotopic (exact) mass is 346 g/mol. The maximum atomic E-state index is 13.7. The number of H-pyrrole nitrogens is 1. The molecular weight excluding hydrogens is 327 g/mol. The van der Waals surface area contributed by atoms with Crippen LogP contribution in [0.2, 0.25) is 0 Å². The molecule has 1 aliphatic carbocycles. The number of hydrogen-bond acceptors (Lipinski definition) is 3. The molecule has 2 N–H and O–H groups in total. The lowest BCUT2D eigenvalue weighted by atomic mass is 10.1. The van der Waals surface area contributed by atoms with Gasteiger partial charge in [0.15, 0.2) is 4.77 Å². The Morgan fingerprint density at radius 3 is 2.96 bits per heavy atom. The first-order valence-electron chi connectivity index (χ1n) is 7.92. The van der Waals surface area contributed by atoms with E-state index in [1.54, 1.807) is 25.1 Å². The van der Waals surface area contributed by atoms with E-state index in [1.165, 1.54) is 12.1 Å². The summed E-state index contributed by atoms with van der Waals surface area (Å²) in [5.41, 5.74) is 1.02. The van der Waals surface area contributed by atoms with Gasteiger partial charge in [-0.3, -0.25) is 9.89 Å². The highest BCUT2D eigenvalue weighted by atomic mass is 32.1. The van der Waals surface area contributed by atoms with Crippen LogP contribution in [0.4, 0.5) is 4.39 Å². The van der Waals surface area contributed by atoms with Crippen molar-refractivity contribution in [2.24, 2.45) is 0 Å². The summed E-state index contributed by atoms with van der Waals surface area (Å²) in [7, 11) is 0. The van der Waals surface area contributed by atoms with Crippen molar-refractivity contribution < 1.29 is 9.18 Å². The molecule has 1 amide bonds. The van der Waals surface area contributed by atoms with Gasteiger partial charge in [-0.2, -0.15) is 5.10 Å². The summed E-state index contributed by atoms with van der Waals surface area (Å²) < 4.78 is 16.2. The Bertz CT molecular complexity index is 835. The number of allylic oxidation sites excluding steroid dienone is 1. The predicted octanol–water partition coefficient (Wildman–Crippen LogP) is 3.18. The Kier molecular flexibility index (Phi) is 4.89. The number of carbonyl (C=O) groups excluding carboxylic acids is 1. The highest BCUT2D eigenvalue weighted by Gasteiger charge is 2.28. The first-order chi connectivity index (χ1) is 11.6. The molecule has 126 valence electrons. The largest absolute Gasteiger partial charge is 0.351 e. The van der Waals surface area contributed by atoms with E-state index in [0.717, 1.165) is 18.7 Å². The van der Waals surface area contributed by atoms with E-state index in [9.17, 15) is 9.18 Å². The number of halogens is 1. The molecule has 0 unspecified atom stereocenters. The lowest BCUT2D eigenvalue weighted by molar-refractivity contribution is -0.116. The third-order valence-corrected chi connectivity index (χ3v) is 4.32. The summed E-state index contributed by atoms with van der Waals surface area (Å²) >= 11 is 5.23. The molecule has 0 atom stereocenters. The van der Waals surface area contributed by atoms with Crippen LogP contribution in [0, 0.1) is 10.6 Å². The first kappa shape index (κ1) is 16.6. The Morgan fingerprint density at radius 2 is 2.25 bits per heavy atom. The zero-order valence-corrected chi connectivity index (χ0v) is 14.2. The molecule has 0 aliphatic heterocycles. The minimum Gasteiger partial charge on any atom is -0.351 e. The lowest BCUT2D eigenvalue weighted by Crippen LogP contribution is -2.26. The number of carbonyl (C=O) groups is 1. The standard InChI is InChI=1S/C17H19FN4OS/c1-11(13-4-2-3-5-14(13)18)10-15(23)19-8-9-22-16(12-6-7-12)20-21-17(22)24/h2-5,10,12H,6-9H2,1H3,(H,19,23)(H,21,24)/b11-10+. The summed E-state index contributed by atoms with van der Waals surface area (Å²) in [6.07, 6.45) is 3.68. The van der Waals surface area contributed by atoms with Crippen LogP contribution in [0.25, 0.3) is 5.57 Å². The average Bonchev–Trinajstić information content (AvgIpc) is 3.32. The number of amides is 1. The average molecular weight is 346 g/mol. The number of rotatable bonds is 6. The van der Waals surface area contributed by atoms with Gasteiger partial charge in [-0.25, -0.2) is 4.39 Å². The minimum atomic E-state index is -0.335. The second-order valence-corrected chi connectivity index (χ2v) is 6.30. The van der Waals surface area contributed by atoms with Crippen molar-refractivity contribution >= 4 is 23.7 Å². The summed E-state index contributed by atoms with van der Waals surface area (Å²) in [6, 6.07) is 6.40. The second-order valence-electron chi connectivity index (χ2n) is 5.91. The summed E-state index contributed by atoms with van der Waals surface area (Å²) in [5.74, 6) is 0.862. The van der Waals surface area contributed by atoms with Crippen molar-refractivity contribution in [2.45, 2.75) is 32.2 Å². The summed E-state index contributed by atoms with van der Waals surface area (Å²) in [6.45, 7) is 2.72. The van der Waals surface area contributed by atoms with Gasteiger partial charge in [0.2, 0.25) is 5.91 Å². The van der Waals surface area contributed by atoms with Crippen LogP contribution in [-0.4, -0.2) is 27.2 Å². The molecule has 2 aromatic rings. The van der Waals surface area contributed by atoms with E-state index in [2.05, 4.69) is 15.5 Å². The minimum absolute atomic E-state index is 0.251. The quantitative estimate of drug-likeness (QED) is 0.624. The van der Waals surface area contributed by atoms with Gasteiger partial charge in [-0.15, -0.1) is 0 Å². The van der Waals surface area contributed by atoms with Crippen LogP contribution in [0.15, 0.2) is 30.3 Å². The van der Waals surface area contributed by atoms with Gasteiger partial charge in [0.25, 0.3) is 0 Å². The fraction of sp³-hybridized carbons (Fsp3) is 0.353. The number of benzene rings is 1. The van der Waals surface area contributed by atoms with E-state index >= 15 is 0 Å². The van der Waals surface area contributed by atoms with Gasteiger partial charge in [0.05, 0.1) is 0 Å². The topological polar surface area (TPSA) is 62.7 Å². The molecule has 0 radical (unpaired) electrons. The van der Waals surface area contributed by atoms with Gasteiger partial charge in [0.1, 0.15) is 11.6 Å². The number of aromatic nitrogens is 3. The van der Waals surface area contributed by atoms with Crippen LogP contribution >= 0.6 is 12.2 Å². The molecule has 1 saturated carbocycles. The van der Waals surface area contributed by atoms with Gasteiger partial charge < -0.3 is 9.88 Å². The molecule has 0 saturated heterocycles. The van der Waals surface area contributed by atoms with Gasteiger partial charge in [-0.1, -0.05) is 18.2 Å². The van der Waals surface area contributed by atoms with Crippen molar-refractivity contribution in [1.82, 2.24) is 20.1 Å². The fourth-order valence-electron chi connectivity index (χ4n) is 2.60. The van der Waals surface area contributed by atoms with E-state index in [4.69, 9.17) is 12.2 Å². The van der Waals surface area contributed by atoms with Crippen molar-refractivity contribution in [3.8, 4) is 0 Å². The number of nitrogens with zero attached hydrogens (tertiary/aromatic N) is 2. The molecule has 24 heavy (non-hydrogen) atoms. The van der Waals surface area contributed by atoms with Crippen LogP contribution in [0.1, 0.15) is 37.1 Å². The van der Waals surface area contributed by atoms with Crippen LogP contribution in [0.5, 0.6) is 0 Å². The number of aromatic amines is 1. The van der Waals surface area contributed by atoms with E-state index in [1.807, 2.05) is 4.57 Å². The molecule has 5 nitrogen and oxygen atoms in total. The molecule has 7 heteroatoms. The molecule has 0 spiro atoms. The maximum absolute atomic E-state index is 13.7. The third-order valence-electron chi connectivity index (χ3n) is 4.01.